The van der Waals surface area contributed by atoms with Gasteiger partial charge in [0, 0.05) is 38.8 Å². The Morgan fingerprint density at radius 1 is 1.13 bits per heavy atom. The van der Waals surface area contributed by atoms with Gasteiger partial charge in [-0.15, -0.1) is 24.8 Å². The van der Waals surface area contributed by atoms with E-state index >= 15 is 0 Å². The highest BCUT2D eigenvalue weighted by molar-refractivity contribution is 5.85. The minimum absolute atomic E-state index is 0. The fraction of sp³-hybridized carbons (Fsp3) is 0.409. The van der Waals surface area contributed by atoms with Gasteiger partial charge in [-0.05, 0) is 43.4 Å². The largest absolute Gasteiger partial charge is 0.341 e. The van der Waals surface area contributed by atoms with Gasteiger partial charge in [0.05, 0.1) is 5.39 Å². The van der Waals surface area contributed by atoms with E-state index < -0.39 is 0 Å². The Morgan fingerprint density at radius 3 is 2.45 bits per heavy atom. The molecule has 0 atom stereocenters. The molecule has 31 heavy (non-hydrogen) atoms. The second kappa shape index (κ2) is 11.9. The van der Waals surface area contributed by atoms with Crippen molar-refractivity contribution in [2.24, 2.45) is 12.8 Å². The fourth-order valence-electron chi connectivity index (χ4n) is 3.80. The summed E-state index contributed by atoms with van der Waals surface area (Å²) in [5, 5.41) is 3.57. The fourth-order valence-corrected chi connectivity index (χ4v) is 3.80. The number of amides is 1. The number of rotatable bonds is 8. The topological polar surface area (TPSA) is 97.0 Å². The first-order chi connectivity index (χ1) is 13.9. The quantitative estimate of drug-likeness (QED) is 0.531. The lowest BCUT2D eigenvalue weighted by Crippen LogP contribution is -2.37. The van der Waals surface area contributed by atoms with Crippen molar-refractivity contribution in [1.29, 1.82) is 0 Å². The van der Waals surface area contributed by atoms with Crippen molar-refractivity contribution in [2.45, 2.75) is 33.1 Å². The van der Waals surface area contributed by atoms with Gasteiger partial charge in [0.2, 0.25) is 5.91 Å². The van der Waals surface area contributed by atoms with Crippen LogP contribution in [0.3, 0.4) is 0 Å². The van der Waals surface area contributed by atoms with Crippen molar-refractivity contribution in [3.8, 4) is 0 Å². The van der Waals surface area contributed by atoms with E-state index in [4.69, 9.17) is 5.73 Å². The summed E-state index contributed by atoms with van der Waals surface area (Å²) in [5.74, 6) is 0.0762. The molecule has 1 aromatic carbocycles. The Kier molecular flexibility index (Phi) is 10.2. The van der Waals surface area contributed by atoms with E-state index in [1.54, 1.807) is 7.05 Å². The third-order valence-electron chi connectivity index (χ3n) is 5.43. The molecule has 0 saturated heterocycles. The molecule has 2 aromatic heterocycles. The molecule has 7 nitrogen and oxygen atoms in total. The molecule has 2 heterocycles. The van der Waals surface area contributed by atoms with E-state index in [1.165, 1.54) is 10.2 Å². The number of hydrogen-bond acceptors (Lipinski definition) is 4. The van der Waals surface area contributed by atoms with Crippen LogP contribution in [0.5, 0.6) is 0 Å². The molecule has 0 spiro atoms. The van der Waals surface area contributed by atoms with Gasteiger partial charge in [-0.3, -0.25) is 19.4 Å². The summed E-state index contributed by atoms with van der Waals surface area (Å²) in [7, 11) is 1.68. The van der Waals surface area contributed by atoms with E-state index in [0.717, 1.165) is 23.2 Å². The molecule has 0 aliphatic rings. The summed E-state index contributed by atoms with van der Waals surface area (Å²) in [6.45, 7) is 5.47. The molecule has 170 valence electrons. The maximum absolute atomic E-state index is 12.9. The van der Waals surface area contributed by atoms with Crippen LogP contribution in [0.4, 0.5) is 0 Å². The van der Waals surface area contributed by atoms with Crippen LogP contribution in [-0.2, 0) is 24.7 Å². The van der Waals surface area contributed by atoms with Gasteiger partial charge in [0.1, 0.15) is 0 Å². The van der Waals surface area contributed by atoms with E-state index in [2.05, 4.69) is 22.2 Å². The van der Waals surface area contributed by atoms with Gasteiger partial charge in [0.15, 0.2) is 5.65 Å². The van der Waals surface area contributed by atoms with Gasteiger partial charge >= 0.3 is 0 Å². The van der Waals surface area contributed by atoms with Crippen LogP contribution < -0.4 is 11.3 Å². The first-order valence-corrected chi connectivity index (χ1v) is 9.99. The number of nitrogens with zero attached hydrogens (tertiary/aromatic N) is 3. The van der Waals surface area contributed by atoms with Crippen LogP contribution in [0.2, 0.25) is 0 Å². The van der Waals surface area contributed by atoms with Crippen molar-refractivity contribution in [3.05, 3.63) is 63.1 Å². The first kappa shape index (κ1) is 26.7. The minimum atomic E-state index is -0.0924. The molecule has 0 bridgehead atoms. The Balaban J connectivity index is 0.00000240. The third kappa shape index (κ3) is 6.09. The zero-order chi connectivity index (χ0) is 21.0. The number of nitrogens with two attached hydrogens (primary N) is 1. The lowest BCUT2D eigenvalue weighted by molar-refractivity contribution is -0.131. The smallest absolute Gasteiger partial charge is 0.276 e. The summed E-state index contributed by atoms with van der Waals surface area (Å²) < 4.78 is 1.44. The van der Waals surface area contributed by atoms with Crippen LogP contribution in [0.1, 0.15) is 28.8 Å². The second-order valence-electron chi connectivity index (χ2n) is 7.41. The molecule has 0 radical (unpaired) electrons. The van der Waals surface area contributed by atoms with Crippen LogP contribution in [0.15, 0.2) is 35.1 Å². The number of nitrogens with one attached hydrogen (secondary N) is 1. The Bertz CT molecular complexity index is 1060. The van der Waals surface area contributed by atoms with Crippen molar-refractivity contribution >= 4 is 41.8 Å². The molecule has 3 N–H and O–H groups in total. The summed E-state index contributed by atoms with van der Waals surface area (Å²) in [6.07, 6.45) is 1.73. The average Bonchev–Trinajstić information content (AvgIpc) is 2.99. The summed E-state index contributed by atoms with van der Waals surface area (Å²) in [6, 6.07) is 10.1. The number of carbonyl (C=O) groups excluding carboxylic acids is 1. The van der Waals surface area contributed by atoms with E-state index in [0.29, 0.717) is 43.5 Å². The lowest BCUT2D eigenvalue weighted by Gasteiger charge is -2.22. The molecule has 1 amide bonds. The molecule has 0 unspecified atom stereocenters. The Labute approximate surface area is 194 Å². The molecular weight excluding hydrogens is 437 g/mol. The van der Waals surface area contributed by atoms with E-state index in [-0.39, 0.29) is 36.3 Å². The third-order valence-corrected chi connectivity index (χ3v) is 5.43. The molecule has 3 aromatic rings. The van der Waals surface area contributed by atoms with Crippen LogP contribution >= 0.6 is 24.8 Å². The van der Waals surface area contributed by atoms with Crippen LogP contribution in [0, 0.1) is 13.8 Å². The molecule has 3 rings (SSSR count). The van der Waals surface area contributed by atoms with E-state index in [9.17, 15) is 9.59 Å². The number of aryl methyl sites for hydroxylation is 3. The predicted octanol–water partition coefficient (Wildman–Crippen LogP) is 2.68. The normalized spacial score (nSPS) is 10.5. The Morgan fingerprint density at radius 2 is 1.81 bits per heavy atom. The molecular formula is C22H31Cl2N5O2. The molecule has 9 heteroatoms. The predicted molar refractivity (Wildman–Crippen MR) is 129 cm³/mol. The van der Waals surface area contributed by atoms with Crippen molar-refractivity contribution in [1.82, 2.24) is 19.7 Å². The average molecular weight is 468 g/mol. The number of fused-ring (bicyclic) bond motifs is 1. The molecule has 0 aliphatic carbocycles. The molecule has 0 fully saturated rings. The lowest BCUT2D eigenvalue weighted by atomic mass is 10.00. The number of carbonyl (C=O) groups is 1. The SMILES string of the molecule is Cc1nc2[nH]n(C)c(=O)c2c(C)c1CCC(=O)N(CCN)CCc1ccccc1.Cl.Cl. The first-order valence-electron chi connectivity index (χ1n) is 9.99. The number of aromatic nitrogens is 3. The van der Waals surface area contributed by atoms with E-state index in [1.807, 2.05) is 36.9 Å². The number of aromatic amines is 1. The molecule has 0 saturated carbocycles. The number of benzene rings is 1. The Hall–Kier alpha value is -2.35. The van der Waals surface area contributed by atoms with Gasteiger partial charge < -0.3 is 10.6 Å². The monoisotopic (exact) mass is 467 g/mol. The maximum Gasteiger partial charge on any atom is 0.276 e. The van der Waals surface area contributed by atoms with Crippen LogP contribution in [0.25, 0.3) is 11.0 Å². The summed E-state index contributed by atoms with van der Waals surface area (Å²) in [5.41, 5.74) is 10.1. The van der Waals surface area contributed by atoms with Crippen molar-refractivity contribution in [2.75, 3.05) is 19.6 Å². The summed E-state index contributed by atoms with van der Waals surface area (Å²) >= 11 is 0. The zero-order valence-corrected chi connectivity index (χ0v) is 19.8. The maximum atomic E-state index is 12.9. The number of hydrogen-bond donors (Lipinski definition) is 2. The van der Waals surface area contributed by atoms with Crippen LogP contribution in [-0.4, -0.2) is 45.2 Å². The number of halogens is 2. The second-order valence-corrected chi connectivity index (χ2v) is 7.41. The van der Waals surface area contributed by atoms with Gasteiger partial charge in [-0.2, -0.15) is 0 Å². The number of H-pyrrole nitrogens is 1. The zero-order valence-electron chi connectivity index (χ0n) is 18.2. The molecule has 0 aliphatic heterocycles. The minimum Gasteiger partial charge on any atom is -0.341 e. The van der Waals surface area contributed by atoms with Gasteiger partial charge in [-0.25, -0.2) is 4.98 Å². The number of pyridine rings is 1. The highest BCUT2D eigenvalue weighted by Crippen LogP contribution is 2.21. The van der Waals surface area contributed by atoms with Crippen molar-refractivity contribution < 1.29 is 4.79 Å². The highest BCUT2D eigenvalue weighted by Gasteiger charge is 2.18. The van der Waals surface area contributed by atoms with Crippen molar-refractivity contribution in [3.63, 3.8) is 0 Å². The van der Waals surface area contributed by atoms with Gasteiger partial charge in [-0.1, -0.05) is 30.3 Å². The summed E-state index contributed by atoms with van der Waals surface area (Å²) in [4.78, 5) is 31.6. The van der Waals surface area contributed by atoms with Gasteiger partial charge in [0.25, 0.3) is 5.56 Å². The standard InChI is InChI=1S/C22H29N5O2.2ClH/c1-15-18(16(2)24-21-20(15)22(29)26(3)25-21)9-10-19(28)27(14-12-23)13-11-17-7-5-4-6-8-17;;/h4-8H,9-14,23H2,1-3H3,(H,24,25);2*1H. The highest BCUT2D eigenvalue weighted by atomic mass is 35.5.